The molecule has 0 aromatic heterocycles. The Bertz CT molecular complexity index is 398. The van der Waals surface area contributed by atoms with Gasteiger partial charge < -0.3 is 11.2 Å². The highest BCUT2D eigenvalue weighted by Crippen LogP contribution is 2.16. The third-order valence-corrected chi connectivity index (χ3v) is 3.05. The standard InChI is InChI=1S/C6H6N2O2S.C3H9N/c9-11(10)6-3-1-5(2-4-6)7-8-11;1-2-3-4/h1-4,7-8H;2-4H2,1H3. The van der Waals surface area contributed by atoms with Crippen LogP contribution in [0, 0.1) is 0 Å². The van der Waals surface area contributed by atoms with Crippen LogP contribution in [0.1, 0.15) is 13.3 Å². The number of rotatable bonds is 1. The second-order valence-electron chi connectivity index (χ2n) is 3.04. The Morgan fingerprint density at radius 1 is 1.27 bits per heavy atom. The fraction of sp³-hybridized carbons (Fsp3) is 0.333. The van der Waals surface area contributed by atoms with Crippen LogP contribution in [0.5, 0.6) is 0 Å². The largest absolute Gasteiger partial charge is 0.330 e. The SMILES string of the molecule is CCCN.O=S1(=O)NNc2ccc1cc2. The number of hydrazine groups is 1. The minimum Gasteiger partial charge on any atom is -0.330 e. The van der Waals surface area contributed by atoms with Crippen molar-refractivity contribution >= 4 is 15.7 Å². The Morgan fingerprint density at radius 3 is 2.27 bits per heavy atom. The predicted octanol–water partition coefficient (Wildman–Crippen LogP) is 0.661. The van der Waals surface area contributed by atoms with Gasteiger partial charge in [-0.3, -0.25) is 0 Å². The molecular weight excluding hydrogens is 214 g/mol. The van der Waals surface area contributed by atoms with Gasteiger partial charge in [-0.15, -0.1) is 4.83 Å². The van der Waals surface area contributed by atoms with Crippen LogP contribution in [0.15, 0.2) is 29.2 Å². The van der Waals surface area contributed by atoms with Crippen LogP contribution in [0.4, 0.5) is 5.69 Å². The third kappa shape index (κ3) is 3.19. The Hall–Kier alpha value is -1.11. The Balaban J connectivity index is 0.000000245. The molecule has 1 aromatic carbocycles. The molecule has 2 bridgehead atoms. The van der Waals surface area contributed by atoms with Crippen LogP contribution in [0.25, 0.3) is 0 Å². The zero-order valence-electron chi connectivity index (χ0n) is 8.53. The first-order valence-corrected chi connectivity index (χ1v) is 6.16. The first kappa shape index (κ1) is 12.0. The maximum atomic E-state index is 11.1. The maximum Gasteiger partial charge on any atom is 0.257 e. The Labute approximate surface area is 89.7 Å². The molecule has 0 amide bonds. The highest BCUT2D eigenvalue weighted by atomic mass is 32.2. The highest BCUT2D eigenvalue weighted by Gasteiger charge is 2.16. The first-order valence-electron chi connectivity index (χ1n) is 4.68. The van der Waals surface area contributed by atoms with Gasteiger partial charge >= 0.3 is 0 Å². The van der Waals surface area contributed by atoms with Crippen LogP contribution in [-0.4, -0.2) is 15.0 Å². The summed E-state index contributed by atoms with van der Waals surface area (Å²) in [7, 11) is -3.31. The second-order valence-corrected chi connectivity index (χ2v) is 4.73. The molecule has 4 N–H and O–H groups in total. The van der Waals surface area contributed by atoms with Crippen molar-refractivity contribution in [1.29, 1.82) is 0 Å². The molecule has 2 aliphatic rings. The fourth-order valence-corrected chi connectivity index (χ4v) is 1.77. The van der Waals surface area contributed by atoms with Gasteiger partial charge in [0.05, 0.1) is 4.90 Å². The molecule has 84 valence electrons. The van der Waals surface area contributed by atoms with E-state index in [0.29, 0.717) is 0 Å². The van der Waals surface area contributed by atoms with Gasteiger partial charge in [0.25, 0.3) is 10.0 Å². The van der Waals surface area contributed by atoms with Crippen LogP contribution in [0.2, 0.25) is 0 Å². The molecule has 0 aliphatic carbocycles. The molecular formula is C9H15N3O2S. The molecule has 2 heterocycles. The second kappa shape index (κ2) is 5.11. The average molecular weight is 229 g/mol. The number of fused-ring (bicyclic) bond motifs is 4. The molecule has 0 atom stereocenters. The lowest BCUT2D eigenvalue weighted by atomic mass is 10.3. The number of nitrogens with one attached hydrogen (secondary N) is 2. The fourth-order valence-electron chi connectivity index (χ4n) is 0.902. The van der Waals surface area contributed by atoms with Crippen LogP contribution >= 0.6 is 0 Å². The van der Waals surface area contributed by atoms with Crippen LogP contribution in [-0.2, 0) is 10.0 Å². The van der Waals surface area contributed by atoms with Crippen molar-refractivity contribution in [2.75, 3.05) is 12.0 Å². The van der Waals surface area contributed by atoms with Crippen molar-refractivity contribution in [1.82, 2.24) is 4.83 Å². The topological polar surface area (TPSA) is 84.2 Å². The van der Waals surface area contributed by atoms with Gasteiger partial charge in [-0.25, -0.2) is 8.42 Å². The smallest absolute Gasteiger partial charge is 0.257 e. The summed E-state index contributed by atoms with van der Waals surface area (Å²) >= 11 is 0. The van der Waals surface area contributed by atoms with Gasteiger partial charge in [0.15, 0.2) is 0 Å². The third-order valence-electron chi connectivity index (χ3n) is 1.78. The zero-order chi connectivity index (χ0) is 11.3. The van der Waals surface area contributed by atoms with Gasteiger partial charge in [0, 0.05) is 5.69 Å². The molecule has 2 aliphatic heterocycles. The minimum absolute atomic E-state index is 0.284. The van der Waals surface area contributed by atoms with Crippen molar-refractivity contribution in [3.63, 3.8) is 0 Å². The van der Waals surface area contributed by atoms with E-state index in [0.717, 1.165) is 18.7 Å². The molecule has 0 saturated heterocycles. The molecule has 6 heteroatoms. The van der Waals surface area contributed by atoms with E-state index in [1.54, 1.807) is 24.3 Å². The van der Waals surface area contributed by atoms with E-state index in [1.807, 2.05) is 0 Å². The summed E-state index contributed by atoms with van der Waals surface area (Å²) < 4.78 is 22.3. The van der Waals surface area contributed by atoms with E-state index in [9.17, 15) is 8.42 Å². The highest BCUT2D eigenvalue weighted by molar-refractivity contribution is 7.89. The summed E-state index contributed by atoms with van der Waals surface area (Å²) in [5.74, 6) is 0. The van der Waals surface area contributed by atoms with Gasteiger partial charge in [-0.2, -0.15) is 0 Å². The van der Waals surface area contributed by atoms with E-state index >= 15 is 0 Å². The van der Waals surface area contributed by atoms with Crippen molar-refractivity contribution in [3.8, 4) is 0 Å². The lowest BCUT2D eigenvalue weighted by Gasteiger charge is -2.00. The zero-order valence-corrected chi connectivity index (χ0v) is 9.34. The number of benzene rings is 1. The molecule has 5 nitrogen and oxygen atoms in total. The van der Waals surface area contributed by atoms with E-state index in [2.05, 4.69) is 17.2 Å². The summed E-state index contributed by atoms with van der Waals surface area (Å²) in [6.45, 7) is 2.88. The number of nitrogens with two attached hydrogens (primary N) is 1. The molecule has 0 fully saturated rings. The van der Waals surface area contributed by atoms with Gasteiger partial charge in [0.2, 0.25) is 0 Å². The normalized spacial score (nSPS) is 15.9. The Morgan fingerprint density at radius 2 is 1.80 bits per heavy atom. The van der Waals surface area contributed by atoms with E-state index in [-0.39, 0.29) is 4.90 Å². The lowest BCUT2D eigenvalue weighted by molar-refractivity contribution is 0.589. The number of sulfonamides is 1. The van der Waals surface area contributed by atoms with Crippen molar-refractivity contribution < 1.29 is 8.42 Å². The predicted molar refractivity (Wildman–Crippen MR) is 59.7 cm³/mol. The average Bonchev–Trinajstić information content (AvgIpc) is 2.48. The van der Waals surface area contributed by atoms with Gasteiger partial charge in [0.1, 0.15) is 0 Å². The quantitative estimate of drug-likeness (QED) is 0.660. The van der Waals surface area contributed by atoms with E-state index in [4.69, 9.17) is 5.73 Å². The summed E-state index contributed by atoms with van der Waals surface area (Å²) in [5.41, 5.74) is 8.32. The molecule has 0 saturated carbocycles. The Kier molecular flexibility index (Phi) is 4.07. The van der Waals surface area contributed by atoms with Crippen molar-refractivity contribution in [3.05, 3.63) is 24.3 Å². The summed E-state index contributed by atoms with van der Waals surface area (Å²) in [5, 5.41) is 0. The molecule has 15 heavy (non-hydrogen) atoms. The van der Waals surface area contributed by atoms with E-state index in [1.165, 1.54) is 0 Å². The molecule has 1 aromatic rings. The molecule has 3 rings (SSSR count). The number of anilines is 1. The summed E-state index contributed by atoms with van der Waals surface area (Å²) in [4.78, 5) is 2.49. The molecule has 0 radical (unpaired) electrons. The number of hydrogen-bond donors (Lipinski definition) is 3. The number of hydrogen-bond acceptors (Lipinski definition) is 4. The molecule has 0 unspecified atom stereocenters. The van der Waals surface area contributed by atoms with Gasteiger partial charge in [-0.1, -0.05) is 6.92 Å². The van der Waals surface area contributed by atoms with Crippen molar-refractivity contribution in [2.24, 2.45) is 5.73 Å². The monoisotopic (exact) mass is 229 g/mol. The van der Waals surface area contributed by atoms with Crippen molar-refractivity contribution in [2.45, 2.75) is 18.2 Å². The molecule has 0 spiro atoms. The maximum absolute atomic E-state index is 11.1. The summed E-state index contributed by atoms with van der Waals surface area (Å²) in [6.07, 6.45) is 1.10. The van der Waals surface area contributed by atoms with Crippen LogP contribution in [0.3, 0.4) is 0 Å². The van der Waals surface area contributed by atoms with E-state index < -0.39 is 10.0 Å². The van der Waals surface area contributed by atoms with Gasteiger partial charge in [-0.05, 0) is 37.2 Å². The summed E-state index contributed by atoms with van der Waals surface area (Å²) in [6, 6.07) is 6.51. The first-order chi connectivity index (χ1) is 7.10. The lowest BCUT2D eigenvalue weighted by Crippen LogP contribution is -2.27. The minimum atomic E-state index is -3.31. The van der Waals surface area contributed by atoms with Crippen LogP contribution < -0.4 is 16.0 Å².